The lowest BCUT2D eigenvalue weighted by atomic mass is 10.1. The van der Waals surface area contributed by atoms with Gasteiger partial charge in [-0.15, -0.1) is 0 Å². The predicted molar refractivity (Wildman–Crippen MR) is 96.1 cm³/mol. The van der Waals surface area contributed by atoms with E-state index >= 15 is 0 Å². The van der Waals surface area contributed by atoms with Gasteiger partial charge in [0.15, 0.2) is 0 Å². The molecule has 22 heavy (non-hydrogen) atoms. The van der Waals surface area contributed by atoms with Gasteiger partial charge in [-0.1, -0.05) is 76.9 Å². The normalized spacial score (nSPS) is 11.2. The third-order valence-corrected chi connectivity index (χ3v) is 3.96. The summed E-state index contributed by atoms with van der Waals surface area (Å²) in [5.74, 6) is -0.157. The van der Waals surface area contributed by atoms with Crippen molar-refractivity contribution in [3.8, 4) is 0 Å². The van der Waals surface area contributed by atoms with Crippen LogP contribution in [-0.2, 0) is 9.53 Å². The number of carbonyl (C=O) groups is 1. The van der Waals surface area contributed by atoms with E-state index in [0.717, 1.165) is 6.42 Å². The molecule has 0 aromatic rings. The lowest BCUT2D eigenvalue weighted by Gasteiger charge is -2.03. The molecular formula is C20H38O2. The summed E-state index contributed by atoms with van der Waals surface area (Å²) < 4.78 is 4.92. The van der Waals surface area contributed by atoms with Crippen molar-refractivity contribution in [3.63, 3.8) is 0 Å². The van der Waals surface area contributed by atoms with E-state index in [0.29, 0.717) is 6.61 Å². The Morgan fingerprint density at radius 3 is 1.68 bits per heavy atom. The molecule has 0 aromatic heterocycles. The molecule has 0 fully saturated rings. The summed E-state index contributed by atoms with van der Waals surface area (Å²) >= 11 is 0. The molecule has 130 valence electrons. The molecule has 0 saturated heterocycles. The standard InChI is InChI=1S/C20H38O2/c1-3-4-5-6-7-8-9-10-11-12-13-14-15-16-17-18-19-22-20(2)21/h7-8H,3-6,9-19H2,1-2H3/b8-7+. The van der Waals surface area contributed by atoms with Crippen LogP contribution in [0.25, 0.3) is 0 Å². The molecule has 0 atom stereocenters. The van der Waals surface area contributed by atoms with E-state index in [9.17, 15) is 4.79 Å². The smallest absolute Gasteiger partial charge is 0.302 e. The number of carbonyl (C=O) groups excluding carboxylic acids is 1. The Labute approximate surface area is 138 Å². The van der Waals surface area contributed by atoms with E-state index in [2.05, 4.69) is 19.1 Å². The molecule has 2 nitrogen and oxygen atoms in total. The van der Waals surface area contributed by atoms with Crippen LogP contribution >= 0.6 is 0 Å². The molecule has 0 heterocycles. The first-order valence-electron chi connectivity index (χ1n) is 9.55. The van der Waals surface area contributed by atoms with Gasteiger partial charge in [-0.3, -0.25) is 4.79 Å². The Kier molecular flexibility index (Phi) is 17.6. The number of rotatable bonds is 16. The summed E-state index contributed by atoms with van der Waals surface area (Å²) in [4.78, 5) is 10.6. The second kappa shape index (κ2) is 18.3. The molecule has 0 N–H and O–H groups in total. The third kappa shape index (κ3) is 19.2. The Bertz CT molecular complexity index is 258. The Morgan fingerprint density at radius 2 is 1.18 bits per heavy atom. The van der Waals surface area contributed by atoms with Crippen molar-refractivity contribution in [2.45, 2.75) is 104 Å². The molecule has 0 aliphatic carbocycles. The van der Waals surface area contributed by atoms with Gasteiger partial charge in [0.2, 0.25) is 0 Å². The maximum absolute atomic E-state index is 10.6. The topological polar surface area (TPSA) is 26.3 Å². The van der Waals surface area contributed by atoms with Crippen LogP contribution in [-0.4, -0.2) is 12.6 Å². The predicted octanol–water partition coefficient (Wildman–Crippen LogP) is 6.59. The summed E-state index contributed by atoms with van der Waals surface area (Å²) in [5.41, 5.74) is 0. The van der Waals surface area contributed by atoms with Crippen molar-refractivity contribution >= 4 is 5.97 Å². The number of hydrogen-bond acceptors (Lipinski definition) is 2. The van der Waals surface area contributed by atoms with Gasteiger partial charge in [0.25, 0.3) is 0 Å². The van der Waals surface area contributed by atoms with Gasteiger partial charge in [0.05, 0.1) is 6.61 Å². The van der Waals surface area contributed by atoms with Crippen LogP contribution in [0.1, 0.15) is 104 Å². The molecule has 0 unspecified atom stereocenters. The molecule has 0 bridgehead atoms. The number of unbranched alkanes of at least 4 members (excludes halogenated alkanes) is 12. The molecule has 0 aliphatic rings. The van der Waals surface area contributed by atoms with E-state index in [1.165, 1.54) is 90.4 Å². The summed E-state index contributed by atoms with van der Waals surface area (Å²) in [6.07, 6.45) is 23.0. The fourth-order valence-corrected chi connectivity index (χ4v) is 2.57. The highest BCUT2D eigenvalue weighted by molar-refractivity contribution is 5.65. The van der Waals surface area contributed by atoms with Crippen LogP contribution in [0, 0.1) is 0 Å². The third-order valence-electron chi connectivity index (χ3n) is 3.96. The molecule has 2 heteroatoms. The van der Waals surface area contributed by atoms with Gasteiger partial charge >= 0.3 is 5.97 Å². The van der Waals surface area contributed by atoms with Crippen molar-refractivity contribution < 1.29 is 9.53 Å². The second-order valence-corrected chi connectivity index (χ2v) is 6.28. The Hall–Kier alpha value is -0.790. The van der Waals surface area contributed by atoms with Crippen molar-refractivity contribution in [1.29, 1.82) is 0 Å². The number of allylic oxidation sites excluding steroid dienone is 2. The fourth-order valence-electron chi connectivity index (χ4n) is 2.57. The van der Waals surface area contributed by atoms with Crippen LogP contribution in [0.15, 0.2) is 12.2 Å². The Morgan fingerprint density at radius 1 is 0.727 bits per heavy atom. The van der Waals surface area contributed by atoms with Gasteiger partial charge in [0, 0.05) is 6.92 Å². The van der Waals surface area contributed by atoms with Crippen molar-refractivity contribution in [2.75, 3.05) is 6.61 Å². The number of esters is 1. The van der Waals surface area contributed by atoms with Crippen LogP contribution in [0.3, 0.4) is 0 Å². The van der Waals surface area contributed by atoms with Crippen molar-refractivity contribution in [1.82, 2.24) is 0 Å². The lowest BCUT2D eigenvalue weighted by molar-refractivity contribution is -0.141. The molecule has 0 radical (unpaired) electrons. The Balaban J connectivity index is 3.04. The van der Waals surface area contributed by atoms with Gasteiger partial charge < -0.3 is 4.74 Å². The van der Waals surface area contributed by atoms with Gasteiger partial charge in [-0.2, -0.15) is 0 Å². The summed E-state index contributed by atoms with van der Waals surface area (Å²) in [6, 6.07) is 0. The SMILES string of the molecule is CCCCC/C=C/CCCCCCCCCCCOC(C)=O. The average Bonchev–Trinajstić information content (AvgIpc) is 2.50. The molecule has 0 aliphatic heterocycles. The van der Waals surface area contributed by atoms with Crippen molar-refractivity contribution in [2.24, 2.45) is 0 Å². The highest BCUT2D eigenvalue weighted by Crippen LogP contribution is 2.11. The fraction of sp³-hybridized carbons (Fsp3) is 0.850. The van der Waals surface area contributed by atoms with E-state index in [-0.39, 0.29) is 5.97 Å². The first-order valence-corrected chi connectivity index (χ1v) is 9.55. The molecule has 0 amide bonds. The van der Waals surface area contributed by atoms with Crippen LogP contribution < -0.4 is 0 Å². The van der Waals surface area contributed by atoms with E-state index in [4.69, 9.17) is 4.74 Å². The minimum atomic E-state index is -0.157. The van der Waals surface area contributed by atoms with E-state index in [1.54, 1.807) is 0 Å². The van der Waals surface area contributed by atoms with E-state index < -0.39 is 0 Å². The van der Waals surface area contributed by atoms with E-state index in [1.807, 2.05) is 0 Å². The summed E-state index contributed by atoms with van der Waals surface area (Å²) in [6.45, 7) is 4.33. The first-order chi connectivity index (χ1) is 10.8. The highest BCUT2D eigenvalue weighted by atomic mass is 16.5. The molecule has 0 aromatic carbocycles. The van der Waals surface area contributed by atoms with Crippen LogP contribution in [0.4, 0.5) is 0 Å². The highest BCUT2D eigenvalue weighted by Gasteiger charge is 1.94. The quantitative estimate of drug-likeness (QED) is 0.183. The maximum atomic E-state index is 10.6. The van der Waals surface area contributed by atoms with Crippen molar-refractivity contribution in [3.05, 3.63) is 12.2 Å². The first kappa shape index (κ1) is 21.2. The zero-order valence-corrected chi connectivity index (χ0v) is 15.1. The van der Waals surface area contributed by atoms with Crippen LogP contribution in [0.2, 0.25) is 0 Å². The van der Waals surface area contributed by atoms with Crippen LogP contribution in [0.5, 0.6) is 0 Å². The van der Waals surface area contributed by atoms with Gasteiger partial charge in [-0.05, 0) is 32.1 Å². The lowest BCUT2D eigenvalue weighted by Crippen LogP contribution is -2.00. The molecular weight excluding hydrogens is 272 g/mol. The van der Waals surface area contributed by atoms with Gasteiger partial charge in [-0.25, -0.2) is 0 Å². The summed E-state index contributed by atoms with van der Waals surface area (Å²) in [7, 11) is 0. The number of hydrogen-bond donors (Lipinski definition) is 0. The molecule has 0 rings (SSSR count). The number of ether oxygens (including phenoxy) is 1. The second-order valence-electron chi connectivity index (χ2n) is 6.28. The van der Waals surface area contributed by atoms with Gasteiger partial charge in [0.1, 0.15) is 0 Å². The molecule has 0 saturated carbocycles. The maximum Gasteiger partial charge on any atom is 0.302 e. The zero-order chi connectivity index (χ0) is 16.3. The molecule has 0 spiro atoms. The zero-order valence-electron chi connectivity index (χ0n) is 15.1. The monoisotopic (exact) mass is 310 g/mol. The largest absolute Gasteiger partial charge is 0.466 e. The summed E-state index contributed by atoms with van der Waals surface area (Å²) in [5, 5.41) is 0. The minimum Gasteiger partial charge on any atom is -0.466 e. The average molecular weight is 311 g/mol. The minimum absolute atomic E-state index is 0.157.